The van der Waals surface area contributed by atoms with Crippen molar-refractivity contribution in [1.29, 1.82) is 0 Å². The van der Waals surface area contributed by atoms with Crippen molar-refractivity contribution in [2.75, 3.05) is 40.4 Å². The van der Waals surface area contributed by atoms with Gasteiger partial charge in [0.25, 0.3) is 0 Å². The monoisotopic (exact) mass is 188 g/mol. The Kier molecular flexibility index (Phi) is 8.40. The van der Waals surface area contributed by atoms with Crippen molar-refractivity contribution < 1.29 is 4.74 Å². The van der Waals surface area contributed by atoms with Gasteiger partial charge in [-0.05, 0) is 32.0 Å². The molecule has 0 spiro atoms. The molecule has 1 unspecified atom stereocenters. The molecule has 1 atom stereocenters. The molecule has 0 aliphatic rings. The third-order valence-corrected chi connectivity index (χ3v) is 2.30. The van der Waals surface area contributed by atoms with Crippen LogP contribution in [-0.4, -0.2) is 40.4 Å². The number of methoxy groups -OCH3 is 1. The van der Waals surface area contributed by atoms with Crippen LogP contribution in [0.1, 0.15) is 13.8 Å². The highest BCUT2D eigenvalue weighted by Gasteiger charge is 2.10. The maximum atomic E-state index is 4.97. The first-order chi connectivity index (χ1) is 6.22. The molecule has 13 heavy (non-hydrogen) atoms. The van der Waals surface area contributed by atoms with E-state index in [1.54, 1.807) is 7.11 Å². The first-order valence-corrected chi connectivity index (χ1v) is 5.06. The average molecular weight is 188 g/mol. The Labute approximate surface area is 82.2 Å². The summed E-state index contributed by atoms with van der Waals surface area (Å²) in [6.07, 6.45) is 0. The molecule has 0 saturated heterocycles. The van der Waals surface area contributed by atoms with E-state index in [2.05, 4.69) is 24.5 Å². The van der Waals surface area contributed by atoms with Gasteiger partial charge in [-0.1, -0.05) is 13.8 Å². The van der Waals surface area contributed by atoms with Crippen LogP contribution in [0.15, 0.2) is 0 Å². The second-order valence-electron chi connectivity index (χ2n) is 3.76. The van der Waals surface area contributed by atoms with Crippen LogP contribution in [0, 0.1) is 11.8 Å². The Morgan fingerprint density at radius 3 is 2.38 bits per heavy atom. The highest BCUT2D eigenvalue weighted by Crippen LogP contribution is 2.07. The molecule has 0 rings (SSSR count). The summed E-state index contributed by atoms with van der Waals surface area (Å²) in [7, 11) is 3.74. The molecule has 0 aromatic heterocycles. The van der Waals surface area contributed by atoms with E-state index < -0.39 is 0 Å². The van der Waals surface area contributed by atoms with Crippen LogP contribution >= 0.6 is 0 Å². The minimum Gasteiger partial charge on any atom is -0.383 e. The van der Waals surface area contributed by atoms with Gasteiger partial charge in [-0.3, -0.25) is 0 Å². The van der Waals surface area contributed by atoms with Gasteiger partial charge in [0.2, 0.25) is 0 Å². The lowest BCUT2D eigenvalue weighted by Crippen LogP contribution is -2.34. The van der Waals surface area contributed by atoms with Crippen molar-refractivity contribution in [1.82, 2.24) is 10.6 Å². The second kappa shape index (κ2) is 8.48. The van der Waals surface area contributed by atoms with Crippen molar-refractivity contribution in [2.45, 2.75) is 13.8 Å². The lowest BCUT2D eigenvalue weighted by molar-refractivity contribution is 0.196. The molecule has 0 amide bonds. The van der Waals surface area contributed by atoms with E-state index in [-0.39, 0.29) is 0 Å². The molecule has 0 aliphatic heterocycles. The van der Waals surface area contributed by atoms with Gasteiger partial charge in [0.05, 0.1) is 6.61 Å². The predicted molar refractivity (Wildman–Crippen MR) is 57.0 cm³/mol. The number of nitrogens with one attached hydrogen (secondary N) is 2. The summed E-state index contributed by atoms with van der Waals surface area (Å²) in [4.78, 5) is 0. The van der Waals surface area contributed by atoms with Crippen molar-refractivity contribution in [3.63, 3.8) is 0 Å². The summed E-state index contributed by atoms with van der Waals surface area (Å²) < 4.78 is 4.97. The van der Waals surface area contributed by atoms with Gasteiger partial charge in [0, 0.05) is 13.7 Å². The van der Waals surface area contributed by atoms with E-state index in [9.17, 15) is 0 Å². The zero-order chi connectivity index (χ0) is 10.1. The first kappa shape index (κ1) is 12.9. The van der Waals surface area contributed by atoms with E-state index in [0.717, 1.165) is 32.2 Å². The van der Waals surface area contributed by atoms with Gasteiger partial charge in [0.15, 0.2) is 0 Å². The highest BCUT2D eigenvalue weighted by atomic mass is 16.5. The number of ether oxygens (including phenoxy) is 1. The van der Waals surface area contributed by atoms with Crippen LogP contribution in [0.25, 0.3) is 0 Å². The van der Waals surface area contributed by atoms with Crippen LogP contribution < -0.4 is 10.6 Å². The summed E-state index contributed by atoms with van der Waals surface area (Å²) >= 11 is 0. The van der Waals surface area contributed by atoms with E-state index in [1.165, 1.54) is 0 Å². The molecule has 3 nitrogen and oxygen atoms in total. The van der Waals surface area contributed by atoms with Crippen molar-refractivity contribution in [3.8, 4) is 0 Å². The number of hydrogen-bond acceptors (Lipinski definition) is 3. The summed E-state index contributed by atoms with van der Waals surface area (Å²) in [5.74, 6) is 1.43. The van der Waals surface area contributed by atoms with Gasteiger partial charge in [-0.2, -0.15) is 0 Å². The smallest absolute Gasteiger partial charge is 0.0587 e. The Bertz CT molecular complexity index is 107. The van der Waals surface area contributed by atoms with Crippen LogP contribution in [0.2, 0.25) is 0 Å². The third kappa shape index (κ3) is 6.99. The quantitative estimate of drug-likeness (QED) is 0.551. The average Bonchev–Trinajstić information content (AvgIpc) is 2.10. The Balaban J connectivity index is 3.45. The fourth-order valence-electron chi connectivity index (χ4n) is 1.27. The third-order valence-electron chi connectivity index (χ3n) is 2.30. The largest absolute Gasteiger partial charge is 0.383 e. The normalized spacial score (nSPS) is 13.6. The van der Waals surface area contributed by atoms with E-state index >= 15 is 0 Å². The van der Waals surface area contributed by atoms with Gasteiger partial charge in [0.1, 0.15) is 0 Å². The molecule has 0 aromatic rings. The molecule has 0 fully saturated rings. The molecule has 0 saturated carbocycles. The second-order valence-corrected chi connectivity index (χ2v) is 3.76. The van der Waals surface area contributed by atoms with E-state index in [4.69, 9.17) is 4.74 Å². The Hall–Kier alpha value is -0.120. The molecule has 0 aliphatic carbocycles. The minimum atomic E-state index is 0.710. The lowest BCUT2D eigenvalue weighted by Gasteiger charge is -2.20. The predicted octanol–water partition coefficient (Wildman–Crippen LogP) is 0.714. The number of hydrogen-bond donors (Lipinski definition) is 2. The molecular weight excluding hydrogens is 164 g/mol. The maximum absolute atomic E-state index is 4.97. The summed E-state index contributed by atoms with van der Waals surface area (Å²) in [6.45, 7) is 8.42. The zero-order valence-electron chi connectivity index (χ0n) is 9.39. The van der Waals surface area contributed by atoms with Gasteiger partial charge in [-0.15, -0.1) is 0 Å². The van der Waals surface area contributed by atoms with E-state index in [1.807, 2.05) is 7.05 Å². The summed E-state index contributed by atoms with van der Waals surface area (Å²) in [5, 5.41) is 6.61. The summed E-state index contributed by atoms with van der Waals surface area (Å²) in [6, 6.07) is 0. The molecule has 80 valence electrons. The van der Waals surface area contributed by atoms with Crippen molar-refractivity contribution >= 4 is 0 Å². The van der Waals surface area contributed by atoms with Crippen LogP contribution in [0.4, 0.5) is 0 Å². The van der Waals surface area contributed by atoms with Gasteiger partial charge >= 0.3 is 0 Å². The molecule has 0 radical (unpaired) electrons. The van der Waals surface area contributed by atoms with Gasteiger partial charge in [-0.25, -0.2) is 0 Å². The van der Waals surface area contributed by atoms with Crippen LogP contribution in [-0.2, 0) is 4.74 Å². The first-order valence-electron chi connectivity index (χ1n) is 5.06. The molecule has 0 heterocycles. The maximum Gasteiger partial charge on any atom is 0.0587 e. The molecule has 0 bridgehead atoms. The van der Waals surface area contributed by atoms with Crippen LogP contribution in [0.3, 0.4) is 0 Å². The fraction of sp³-hybridized carbons (Fsp3) is 1.00. The van der Waals surface area contributed by atoms with E-state index in [0.29, 0.717) is 5.92 Å². The Morgan fingerprint density at radius 2 is 1.92 bits per heavy atom. The highest BCUT2D eigenvalue weighted by molar-refractivity contribution is 4.67. The molecule has 2 N–H and O–H groups in total. The SMILES string of the molecule is CNCC(CNCCOC)C(C)C. The standard InChI is InChI=1S/C10H24N2O/c1-9(2)10(7-11-3)8-12-5-6-13-4/h9-12H,5-8H2,1-4H3. The number of rotatable bonds is 8. The molecule has 3 heteroatoms. The molecular formula is C10H24N2O. The Morgan fingerprint density at radius 1 is 1.23 bits per heavy atom. The van der Waals surface area contributed by atoms with Crippen LogP contribution in [0.5, 0.6) is 0 Å². The van der Waals surface area contributed by atoms with Gasteiger partial charge < -0.3 is 15.4 Å². The zero-order valence-corrected chi connectivity index (χ0v) is 9.39. The van der Waals surface area contributed by atoms with Crippen molar-refractivity contribution in [3.05, 3.63) is 0 Å². The van der Waals surface area contributed by atoms with Crippen molar-refractivity contribution in [2.24, 2.45) is 11.8 Å². The lowest BCUT2D eigenvalue weighted by atomic mass is 9.96. The minimum absolute atomic E-state index is 0.710. The fourth-order valence-corrected chi connectivity index (χ4v) is 1.27. The summed E-state index contributed by atoms with van der Waals surface area (Å²) in [5.41, 5.74) is 0. The molecule has 0 aromatic carbocycles. The topological polar surface area (TPSA) is 33.3 Å².